The van der Waals surface area contributed by atoms with Crippen LogP contribution in [0.4, 0.5) is 0 Å². The van der Waals surface area contributed by atoms with Crippen LogP contribution in [-0.2, 0) is 20.7 Å². The van der Waals surface area contributed by atoms with Crippen molar-refractivity contribution in [2.24, 2.45) is 0 Å². The Labute approximate surface area is 108 Å². The Morgan fingerprint density at radius 2 is 1.72 bits per heavy atom. The molecule has 0 unspecified atom stereocenters. The first-order chi connectivity index (χ1) is 8.69. The second-order valence-corrected chi connectivity index (χ2v) is 3.99. The van der Waals surface area contributed by atoms with Crippen molar-refractivity contribution in [2.75, 3.05) is 21.3 Å². The van der Waals surface area contributed by atoms with Crippen LogP contribution >= 0.6 is 0 Å². The zero-order chi connectivity index (χ0) is 13.4. The molecule has 0 fully saturated rings. The van der Waals surface area contributed by atoms with E-state index in [4.69, 9.17) is 14.2 Å². The van der Waals surface area contributed by atoms with Crippen LogP contribution in [0.2, 0.25) is 0 Å². The van der Waals surface area contributed by atoms with Gasteiger partial charge in [0.2, 0.25) is 0 Å². The van der Waals surface area contributed by atoms with Crippen molar-refractivity contribution in [1.29, 1.82) is 0 Å². The molecule has 0 heterocycles. The first-order valence-corrected chi connectivity index (χ1v) is 5.89. The molecule has 0 amide bonds. The van der Waals surface area contributed by atoms with Gasteiger partial charge in [-0.25, -0.2) is 0 Å². The van der Waals surface area contributed by atoms with Crippen LogP contribution < -0.4 is 4.74 Å². The highest BCUT2D eigenvalue weighted by Crippen LogP contribution is 2.13. The minimum Gasteiger partial charge on any atom is -0.497 e. The van der Waals surface area contributed by atoms with Crippen LogP contribution in [-0.4, -0.2) is 33.4 Å². The summed E-state index contributed by atoms with van der Waals surface area (Å²) < 4.78 is 15.1. The van der Waals surface area contributed by atoms with Crippen LogP contribution in [0.5, 0.6) is 5.75 Å². The van der Waals surface area contributed by atoms with E-state index in [-0.39, 0.29) is 5.78 Å². The second-order valence-electron chi connectivity index (χ2n) is 3.99. The van der Waals surface area contributed by atoms with Gasteiger partial charge in [0.15, 0.2) is 6.29 Å². The molecule has 0 atom stereocenters. The molecule has 1 aromatic carbocycles. The van der Waals surface area contributed by atoms with Crippen LogP contribution in [0.1, 0.15) is 18.4 Å². The molecule has 1 aromatic rings. The number of Topliss-reactive ketones (excluding diaryl/α,β-unsaturated/α-hetero) is 1. The topological polar surface area (TPSA) is 44.8 Å². The van der Waals surface area contributed by atoms with Gasteiger partial charge < -0.3 is 14.2 Å². The second kappa shape index (κ2) is 7.84. The first kappa shape index (κ1) is 14.7. The molecule has 0 saturated heterocycles. The number of carbonyl (C=O) groups is 1. The number of aryl methyl sites for hydroxylation is 1. The zero-order valence-electron chi connectivity index (χ0n) is 11.1. The average Bonchev–Trinajstić information content (AvgIpc) is 2.43. The maximum absolute atomic E-state index is 11.7. The SMILES string of the molecule is COc1ccc(CCC(=O)CC(OC)OC)cc1. The van der Waals surface area contributed by atoms with Gasteiger partial charge in [0, 0.05) is 20.6 Å². The predicted molar refractivity (Wildman–Crippen MR) is 68.7 cm³/mol. The van der Waals surface area contributed by atoms with E-state index < -0.39 is 6.29 Å². The van der Waals surface area contributed by atoms with Crippen LogP contribution in [0, 0.1) is 0 Å². The predicted octanol–water partition coefficient (Wildman–Crippen LogP) is 2.21. The number of hydrogen-bond acceptors (Lipinski definition) is 4. The number of carbonyl (C=O) groups excluding carboxylic acids is 1. The van der Waals surface area contributed by atoms with Gasteiger partial charge in [-0.05, 0) is 24.1 Å². The Bertz CT molecular complexity index is 355. The molecule has 0 aliphatic carbocycles. The third-order valence-corrected chi connectivity index (χ3v) is 2.77. The van der Waals surface area contributed by atoms with Crippen molar-refractivity contribution in [1.82, 2.24) is 0 Å². The summed E-state index contributed by atoms with van der Waals surface area (Å²) in [6.07, 6.45) is 1.08. The molecular formula is C14H20O4. The molecule has 4 nitrogen and oxygen atoms in total. The summed E-state index contributed by atoms with van der Waals surface area (Å²) in [6, 6.07) is 7.73. The van der Waals surface area contributed by atoms with Crippen molar-refractivity contribution in [3.63, 3.8) is 0 Å². The van der Waals surface area contributed by atoms with Crippen molar-refractivity contribution in [3.8, 4) is 5.75 Å². The highest BCUT2D eigenvalue weighted by Gasteiger charge is 2.11. The summed E-state index contributed by atoms with van der Waals surface area (Å²) in [4.78, 5) is 11.7. The van der Waals surface area contributed by atoms with E-state index in [1.165, 1.54) is 14.2 Å². The molecule has 18 heavy (non-hydrogen) atoms. The number of hydrogen-bond donors (Lipinski definition) is 0. The van der Waals surface area contributed by atoms with Gasteiger partial charge in [0.25, 0.3) is 0 Å². The molecule has 0 radical (unpaired) electrons. The van der Waals surface area contributed by atoms with Crippen LogP contribution in [0.3, 0.4) is 0 Å². The Kier molecular flexibility index (Phi) is 6.39. The fourth-order valence-corrected chi connectivity index (χ4v) is 1.63. The fraction of sp³-hybridized carbons (Fsp3) is 0.500. The molecule has 0 saturated carbocycles. The van der Waals surface area contributed by atoms with Gasteiger partial charge in [-0.3, -0.25) is 4.79 Å². The Hall–Kier alpha value is -1.39. The Balaban J connectivity index is 2.37. The largest absolute Gasteiger partial charge is 0.497 e. The molecule has 0 N–H and O–H groups in total. The summed E-state index contributed by atoms with van der Waals surface area (Å²) in [5.74, 6) is 0.962. The number of ether oxygens (including phenoxy) is 3. The highest BCUT2D eigenvalue weighted by atomic mass is 16.7. The summed E-state index contributed by atoms with van der Waals surface area (Å²) in [6.45, 7) is 0. The van der Waals surface area contributed by atoms with Crippen LogP contribution in [0.15, 0.2) is 24.3 Å². The van der Waals surface area contributed by atoms with Gasteiger partial charge in [0.1, 0.15) is 11.5 Å². The fourth-order valence-electron chi connectivity index (χ4n) is 1.63. The van der Waals surface area contributed by atoms with Crippen molar-refractivity contribution < 1.29 is 19.0 Å². The summed E-state index contributed by atoms with van der Waals surface area (Å²) in [5, 5.41) is 0. The van der Waals surface area contributed by atoms with Gasteiger partial charge in [-0.1, -0.05) is 12.1 Å². The average molecular weight is 252 g/mol. The number of rotatable bonds is 8. The smallest absolute Gasteiger partial charge is 0.163 e. The minimum absolute atomic E-state index is 0.138. The standard InChI is InChI=1S/C14H20O4/c1-16-13-8-5-11(6-9-13)4-7-12(15)10-14(17-2)18-3/h5-6,8-9,14H,4,7,10H2,1-3H3. The van der Waals surface area contributed by atoms with Crippen molar-refractivity contribution in [2.45, 2.75) is 25.6 Å². The van der Waals surface area contributed by atoms with E-state index in [1.54, 1.807) is 7.11 Å². The molecule has 100 valence electrons. The van der Waals surface area contributed by atoms with Crippen molar-refractivity contribution >= 4 is 5.78 Å². The van der Waals surface area contributed by atoms with E-state index in [0.717, 1.165) is 17.7 Å². The Morgan fingerprint density at radius 1 is 1.11 bits per heavy atom. The molecule has 1 rings (SSSR count). The van der Waals surface area contributed by atoms with Gasteiger partial charge >= 0.3 is 0 Å². The third-order valence-electron chi connectivity index (χ3n) is 2.77. The maximum atomic E-state index is 11.7. The van der Waals surface area contributed by atoms with Crippen LogP contribution in [0.25, 0.3) is 0 Å². The third kappa shape index (κ3) is 4.85. The van der Waals surface area contributed by atoms with E-state index in [9.17, 15) is 4.79 Å². The number of methoxy groups -OCH3 is 3. The van der Waals surface area contributed by atoms with E-state index in [1.807, 2.05) is 24.3 Å². The van der Waals surface area contributed by atoms with Gasteiger partial charge in [-0.2, -0.15) is 0 Å². The zero-order valence-corrected chi connectivity index (χ0v) is 11.1. The lowest BCUT2D eigenvalue weighted by Crippen LogP contribution is -2.18. The molecule has 4 heteroatoms. The summed E-state index contributed by atoms with van der Waals surface area (Å²) >= 11 is 0. The minimum atomic E-state index is -0.437. The normalized spacial score (nSPS) is 10.7. The van der Waals surface area contributed by atoms with Gasteiger partial charge in [-0.15, -0.1) is 0 Å². The lowest BCUT2D eigenvalue weighted by atomic mass is 10.1. The summed E-state index contributed by atoms with van der Waals surface area (Å²) in [5.41, 5.74) is 1.12. The number of benzene rings is 1. The lowest BCUT2D eigenvalue weighted by molar-refractivity contribution is -0.137. The first-order valence-electron chi connectivity index (χ1n) is 5.89. The lowest BCUT2D eigenvalue weighted by Gasteiger charge is -2.12. The molecule has 0 aliphatic heterocycles. The molecule has 0 spiro atoms. The van der Waals surface area contributed by atoms with Crippen molar-refractivity contribution in [3.05, 3.63) is 29.8 Å². The number of ketones is 1. The van der Waals surface area contributed by atoms with E-state index >= 15 is 0 Å². The highest BCUT2D eigenvalue weighted by molar-refractivity contribution is 5.78. The Morgan fingerprint density at radius 3 is 2.22 bits per heavy atom. The maximum Gasteiger partial charge on any atom is 0.163 e. The molecule has 0 aliphatic rings. The summed E-state index contributed by atoms with van der Waals surface area (Å²) in [7, 11) is 4.70. The van der Waals surface area contributed by atoms with E-state index in [0.29, 0.717) is 12.8 Å². The molecule has 0 aromatic heterocycles. The molecule has 0 bridgehead atoms. The molecular weight excluding hydrogens is 232 g/mol. The monoisotopic (exact) mass is 252 g/mol. The quantitative estimate of drug-likeness (QED) is 0.665. The van der Waals surface area contributed by atoms with E-state index in [2.05, 4.69) is 0 Å². The van der Waals surface area contributed by atoms with Gasteiger partial charge in [0.05, 0.1) is 13.5 Å².